The highest BCUT2D eigenvalue weighted by molar-refractivity contribution is 6.32. The number of aliphatic hydroxyl groups excluding tert-OH is 1. The molecule has 0 aliphatic heterocycles. The summed E-state index contributed by atoms with van der Waals surface area (Å²) >= 11 is 6.00. The molecule has 0 fully saturated rings. The van der Waals surface area contributed by atoms with Gasteiger partial charge in [0.15, 0.2) is 0 Å². The maximum atomic E-state index is 10.7. The van der Waals surface area contributed by atoms with Crippen molar-refractivity contribution in [2.24, 2.45) is 0 Å². The van der Waals surface area contributed by atoms with Gasteiger partial charge in [0.05, 0.1) is 27.5 Å². The number of aryl methyl sites for hydroxylation is 1. The van der Waals surface area contributed by atoms with Crippen LogP contribution in [0.5, 0.6) is 0 Å². The van der Waals surface area contributed by atoms with Gasteiger partial charge < -0.3 is 5.11 Å². The van der Waals surface area contributed by atoms with Crippen LogP contribution in [0, 0.1) is 10.1 Å². The minimum atomic E-state index is -0.497. The van der Waals surface area contributed by atoms with E-state index in [-0.39, 0.29) is 12.3 Å². The Kier molecular flexibility index (Phi) is 4.08. The fourth-order valence-corrected chi connectivity index (χ4v) is 1.79. The van der Waals surface area contributed by atoms with E-state index in [1.54, 1.807) is 6.20 Å². The number of rotatable bonds is 5. The van der Waals surface area contributed by atoms with Gasteiger partial charge in [0.2, 0.25) is 0 Å². The summed E-state index contributed by atoms with van der Waals surface area (Å²) in [7, 11) is 0. The zero-order valence-corrected chi connectivity index (χ0v) is 10.6. The fraction of sp³-hybridized carbons (Fsp3) is 0.273. The van der Waals surface area contributed by atoms with Crippen molar-refractivity contribution in [3.8, 4) is 5.69 Å². The second kappa shape index (κ2) is 5.77. The van der Waals surface area contributed by atoms with Crippen LogP contribution in [-0.4, -0.2) is 31.6 Å². The van der Waals surface area contributed by atoms with E-state index in [0.29, 0.717) is 29.2 Å². The van der Waals surface area contributed by atoms with Crippen LogP contribution in [0.25, 0.3) is 5.69 Å². The van der Waals surface area contributed by atoms with Gasteiger partial charge in [-0.3, -0.25) is 10.1 Å². The Morgan fingerprint density at radius 1 is 1.47 bits per heavy atom. The van der Waals surface area contributed by atoms with Crippen LogP contribution >= 0.6 is 11.6 Å². The molecule has 1 N–H and O–H groups in total. The number of nitro groups is 1. The number of halogens is 1. The Morgan fingerprint density at radius 3 is 2.95 bits per heavy atom. The maximum absolute atomic E-state index is 10.7. The molecule has 2 rings (SSSR count). The van der Waals surface area contributed by atoms with Crippen LogP contribution in [-0.2, 0) is 6.42 Å². The predicted octanol–water partition coefficient (Wildman–Crippen LogP) is 1.75. The number of aliphatic hydroxyl groups is 1. The fourth-order valence-electron chi connectivity index (χ4n) is 1.58. The van der Waals surface area contributed by atoms with Crippen LogP contribution in [0.2, 0.25) is 5.02 Å². The molecule has 1 aromatic heterocycles. The number of hydrogen-bond acceptors (Lipinski definition) is 5. The molecule has 0 bridgehead atoms. The number of nitrogens with zero attached hydrogens (tertiary/aromatic N) is 4. The number of hydrogen-bond donors (Lipinski definition) is 1. The molecular weight excluding hydrogens is 272 g/mol. The van der Waals surface area contributed by atoms with E-state index < -0.39 is 4.92 Å². The van der Waals surface area contributed by atoms with Gasteiger partial charge in [-0.25, -0.2) is 4.68 Å². The van der Waals surface area contributed by atoms with Gasteiger partial charge in [0.25, 0.3) is 5.69 Å². The summed E-state index contributed by atoms with van der Waals surface area (Å²) in [6, 6.07) is 4.12. The molecular formula is C11H11ClN4O3. The van der Waals surface area contributed by atoms with Crippen molar-refractivity contribution < 1.29 is 10.0 Å². The summed E-state index contributed by atoms with van der Waals surface area (Å²) in [6.07, 6.45) is 2.81. The SMILES string of the molecule is O=[N+]([O-])c1ccc(Cl)c(-n2cc(CCCO)nn2)c1. The minimum Gasteiger partial charge on any atom is -0.396 e. The standard InChI is InChI=1S/C11H11ClN4O3/c12-10-4-3-9(16(18)19)6-11(10)15-7-8(13-14-15)2-1-5-17/h3-4,6-7,17H,1-2,5H2. The first kappa shape index (κ1) is 13.4. The number of benzene rings is 1. The molecule has 2 aromatic rings. The minimum absolute atomic E-state index is 0.0631. The van der Waals surface area contributed by atoms with Crippen LogP contribution in [0.15, 0.2) is 24.4 Å². The summed E-state index contributed by atoms with van der Waals surface area (Å²) in [5.41, 5.74) is 1.03. The molecule has 0 saturated carbocycles. The van der Waals surface area contributed by atoms with E-state index in [1.807, 2.05) is 0 Å². The molecule has 1 aromatic carbocycles. The van der Waals surface area contributed by atoms with Crippen molar-refractivity contribution in [1.82, 2.24) is 15.0 Å². The van der Waals surface area contributed by atoms with E-state index in [4.69, 9.17) is 16.7 Å². The van der Waals surface area contributed by atoms with Crippen molar-refractivity contribution in [3.05, 3.63) is 45.2 Å². The van der Waals surface area contributed by atoms with Crippen molar-refractivity contribution in [2.45, 2.75) is 12.8 Å². The van der Waals surface area contributed by atoms with Crippen molar-refractivity contribution in [2.75, 3.05) is 6.61 Å². The molecule has 0 amide bonds. The van der Waals surface area contributed by atoms with Crippen molar-refractivity contribution in [1.29, 1.82) is 0 Å². The molecule has 0 radical (unpaired) electrons. The van der Waals surface area contributed by atoms with Crippen molar-refractivity contribution >= 4 is 17.3 Å². The molecule has 0 aliphatic carbocycles. The zero-order valence-electron chi connectivity index (χ0n) is 9.86. The van der Waals surface area contributed by atoms with Crippen LogP contribution in [0.4, 0.5) is 5.69 Å². The summed E-state index contributed by atoms with van der Waals surface area (Å²) in [5, 5.41) is 27.6. The van der Waals surface area contributed by atoms with Gasteiger partial charge in [-0.15, -0.1) is 5.10 Å². The van der Waals surface area contributed by atoms with Crippen LogP contribution < -0.4 is 0 Å². The Hall–Kier alpha value is -1.99. The summed E-state index contributed by atoms with van der Waals surface area (Å²) in [6.45, 7) is 0.0738. The molecule has 100 valence electrons. The third kappa shape index (κ3) is 3.07. The topological polar surface area (TPSA) is 94.1 Å². The Bertz CT molecular complexity index is 599. The molecule has 0 unspecified atom stereocenters. The first-order valence-electron chi connectivity index (χ1n) is 5.58. The lowest BCUT2D eigenvalue weighted by atomic mass is 10.2. The molecule has 0 aliphatic rings. The number of non-ortho nitro benzene ring substituents is 1. The average Bonchev–Trinajstić information content (AvgIpc) is 2.85. The van der Waals surface area contributed by atoms with Crippen LogP contribution in [0.1, 0.15) is 12.1 Å². The lowest BCUT2D eigenvalue weighted by Gasteiger charge is -2.02. The molecule has 0 atom stereocenters. The zero-order chi connectivity index (χ0) is 13.8. The maximum Gasteiger partial charge on any atom is 0.271 e. The molecule has 0 saturated heterocycles. The van der Waals surface area contributed by atoms with E-state index >= 15 is 0 Å². The predicted molar refractivity (Wildman–Crippen MR) is 68.4 cm³/mol. The largest absolute Gasteiger partial charge is 0.396 e. The van der Waals surface area contributed by atoms with E-state index in [1.165, 1.54) is 22.9 Å². The van der Waals surface area contributed by atoms with Crippen molar-refractivity contribution in [3.63, 3.8) is 0 Å². The lowest BCUT2D eigenvalue weighted by molar-refractivity contribution is -0.384. The Labute approximate surface area is 113 Å². The molecule has 8 heteroatoms. The van der Waals surface area contributed by atoms with Crippen LogP contribution in [0.3, 0.4) is 0 Å². The Balaban J connectivity index is 2.32. The van der Waals surface area contributed by atoms with E-state index in [0.717, 1.165) is 0 Å². The Morgan fingerprint density at radius 2 is 2.26 bits per heavy atom. The normalized spacial score (nSPS) is 10.6. The lowest BCUT2D eigenvalue weighted by Crippen LogP contribution is -1.98. The highest BCUT2D eigenvalue weighted by Crippen LogP contribution is 2.24. The van der Waals surface area contributed by atoms with Gasteiger partial charge in [0.1, 0.15) is 0 Å². The van der Waals surface area contributed by atoms with Gasteiger partial charge in [-0.2, -0.15) is 0 Å². The highest BCUT2D eigenvalue weighted by Gasteiger charge is 2.12. The third-order valence-electron chi connectivity index (χ3n) is 2.52. The first-order valence-corrected chi connectivity index (χ1v) is 5.96. The molecule has 7 nitrogen and oxygen atoms in total. The van der Waals surface area contributed by atoms with E-state index in [2.05, 4.69) is 10.3 Å². The van der Waals surface area contributed by atoms with Gasteiger partial charge >= 0.3 is 0 Å². The average molecular weight is 283 g/mol. The number of aromatic nitrogens is 3. The first-order chi connectivity index (χ1) is 9.11. The van der Waals surface area contributed by atoms with Gasteiger partial charge in [-0.05, 0) is 18.9 Å². The van der Waals surface area contributed by atoms with Gasteiger partial charge in [0, 0.05) is 18.7 Å². The quantitative estimate of drug-likeness (QED) is 0.666. The third-order valence-corrected chi connectivity index (χ3v) is 2.84. The number of nitro benzene ring substituents is 1. The smallest absolute Gasteiger partial charge is 0.271 e. The van der Waals surface area contributed by atoms with Gasteiger partial charge in [-0.1, -0.05) is 16.8 Å². The molecule has 0 spiro atoms. The summed E-state index contributed by atoms with van der Waals surface area (Å²) in [5.74, 6) is 0. The monoisotopic (exact) mass is 282 g/mol. The second-order valence-corrected chi connectivity index (χ2v) is 4.28. The highest BCUT2D eigenvalue weighted by atomic mass is 35.5. The van der Waals surface area contributed by atoms with E-state index in [9.17, 15) is 10.1 Å². The molecule has 1 heterocycles. The summed E-state index contributed by atoms with van der Waals surface area (Å²) < 4.78 is 1.39. The molecule has 19 heavy (non-hydrogen) atoms. The second-order valence-electron chi connectivity index (χ2n) is 3.87. The summed E-state index contributed by atoms with van der Waals surface area (Å²) in [4.78, 5) is 10.2.